The van der Waals surface area contributed by atoms with Crippen LogP contribution in [0.3, 0.4) is 0 Å². The second kappa shape index (κ2) is 7.19. The molecule has 0 spiro atoms. The normalized spacial score (nSPS) is 14.0. The van der Waals surface area contributed by atoms with Gasteiger partial charge in [-0.3, -0.25) is 4.98 Å². The van der Waals surface area contributed by atoms with E-state index in [1.807, 2.05) is 6.07 Å². The number of nitrogens with zero attached hydrogens (tertiary/aromatic N) is 4. The number of hydrogen-bond donors (Lipinski definition) is 0. The van der Waals surface area contributed by atoms with Crippen LogP contribution in [-0.2, 0) is 6.18 Å². The molecule has 0 atom stereocenters. The van der Waals surface area contributed by atoms with Gasteiger partial charge < -0.3 is 4.42 Å². The van der Waals surface area contributed by atoms with Crippen LogP contribution in [0, 0.1) is 0 Å². The standard InChI is InChI=1S/C22H15F3N4O2/c23-22(24,25)17-9-8-15(12-26-17)18-19(28-20(31-18)14-4-2-1-3-5-14)29-11-10-16(13-6-7-13)27-21(29)30/h1-5,8-13H,6-7H2. The highest BCUT2D eigenvalue weighted by molar-refractivity contribution is 5.68. The van der Waals surface area contributed by atoms with Crippen LogP contribution in [-0.4, -0.2) is 19.5 Å². The second-order valence-corrected chi connectivity index (χ2v) is 7.25. The Labute approximate surface area is 174 Å². The molecule has 3 aromatic heterocycles. The van der Waals surface area contributed by atoms with E-state index in [0.29, 0.717) is 11.5 Å². The lowest BCUT2D eigenvalue weighted by atomic mass is 10.2. The fourth-order valence-corrected chi connectivity index (χ4v) is 3.25. The lowest BCUT2D eigenvalue weighted by molar-refractivity contribution is -0.141. The number of aromatic nitrogens is 4. The van der Waals surface area contributed by atoms with Crippen LogP contribution in [0.5, 0.6) is 0 Å². The summed E-state index contributed by atoms with van der Waals surface area (Å²) in [7, 11) is 0. The van der Waals surface area contributed by atoms with Crippen molar-refractivity contribution in [2.45, 2.75) is 24.9 Å². The lowest BCUT2D eigenvalue weighted by Crippen LogP contribution is -2.22. The fraction of sp³-hybridized carbons (Fsp3) is 0.182. The Balaban J connectivity index is 1.64. The molecular formula is C22H15F3N4O2. The van der Waals surface area contributed by atoms with Crippen molar-refractivity contribution in [3.63, 3.8) is 0 Å². The molecule has 4 aromatic rings. The first-order valence-corrected chi connectivity index (χ1v) is 9.60. The predicted molar refractivity (Wildman–Crippen MR) is 106 cm³/mol. The molecule has 1 aliphatic carbocycles. The molecule has 0 bridgehead atoms. The van der Waals surface area contributed by atoms with E-state index in [0.717, 1.165) is 30.8 Å². The average molecular weight is 424 g/mol. The summed E-state index contributed by atoms with van der Waals surface area (Å²) in [6.07, 6.45) is 0.0643. The zero-order chi connectivity index (χ0) is 21.6. The summed E-state index contributed by atoms with van der Waals surface area (Å²) in [5, 5.41) is 0. The molecule has 3 heterocycles. The Bertz CT molecular complexity index is 1290. The molecule has 6 nitrogen and oxygen atoms in total. The van der Waals surface area contributed by atoms with E-state index < -0.39 is 17.6 Å². The van der Waals surface area contributed by atoms with Gasteiger partial charge in [-0.2, -0.15) is 23.1 Å². The molecule has 0 aliphatic heterocycles. The summed E-state index contributed by atoms with van der Waals surface area (Å²) in [5.41, 5.74) is 0.0961. The number of rotatable bonds is 4. The summed E-state index contributed by atoms with van der Waals surface area (Å²) in [5.74, 6) is 0.796. The Hall–Kier alpha value is -3.75. The zero-order valence-corrected chi connectivity index (χ0v) is 16.0. The lowest BCUT2D eigenvalue weighted by Gasteiger charge is -2.07. The maximum Gasteiger partial charge on any atom is 0.433 e. The summed E-state index contributed by atoms with van der Waals surface area (Å²) in [6, 6.07) is 12.9. The number of pyridine rings is 1. The van der Waals surface area contributed by atoms with Crippen molar-refractivity contribution in [2.75, 3.05) is 0 Å². The molecule has 0 saturated heterocycles. The van der Waals surface area contributed by atoms with Gasteiger partial charge in [-0.05, 0) is 43.2 Å². The van der Waals surface area contributed by atoms with Gasteiger partial charge >= 0.3 is 11.9 Å². The molecule has 5 rings (SSSR count). The van der Waals surface area contributed by atoms with Crippen LogP contribution in [0.15, 0.2) is 70.1 Å². The van der Waals surface area contributed by atoms with Gasteiger partial charge in [-0.15, -0.1) is 0 Å². The molecule has 0 amide bonds. The Kier molecular flexibility index (Phi) is 4.46. The van der Waals surface area contributed by atoms with Crippen LogP contribution in [0.4, 0.5) is 13.2 Å². The molecule has 156 valence electrons. The topological polar surface area (TPSA) is 73.8 Å². The number of halogens is 3. The quantitative estimate of drug-likeness (QED) is 0.468. The first-order valence-electron chi connectivity index (χ1n) is 9.60. The smallest absolute Gasteiger partial charge is 0.433 e. The molecule has 0 radical (unpaired) electrons. The minimum Gasteiger partial charge on any atom is -0.434 e. The third-order valence-corrected chi connectivity index (χ3v) is 5.00. The highest BCUT2D eigenvalue weighted by Gasteiger charge is 2.32. The predicted octanol–water partition coefficient (Wildman–Crippen LogP) is 4.85. The molecule has 1 aromatic carbocycles. The Morgan fingerprint density at radius 2 is 1.74 bits per heavy atom. The van der Waals surface area contributed by atoms with E-state index in [4.69, 9.17) is 4.42 Å². The maximum atomic E-state index is 12.9. The van der Waals surface area contributed by atoms with Crippen molar-refractivity contribution in [1.29, 1.82) is 0 Å². The summed E-state index contributed by atoms with van der Waals surface area (Å²) >= 11 is 0. The highest BCUT2D eigenvalue weighted by atomic mass is 19.4. The Morgan fingerprint density at radius 3 is 2.35 bits per heavy atom. The molecule has 31 heavy (non-hydrogen) atoms. The van der Waals surface area contributed by atoms with Crippen LogP contribution < -0.4 is 5.69 Å². The van der Waals surface area contributed by atoms with Crippen molar-refractivity contribution in [1.82, 2.24) is 19.5 Å². The van der Waals surface area contributed by atoms with E-state index in [2.05, 4.69) is 15.0 Å². The molecule has 1 saturated carbocycles. The van der Waals surface area contributed by atoms with Crippen molar-refractivity contribution in [2.24, 2.45) is 0 Å². The van der Waals surface area contributed by atoms with Crippen LogP contribution in [0.1, 0.15) is 30.1 Å². The number of alkyl halides is 3. The Morgan fingerprint density at radius 1 is 0.968 bits per heavy atom. The number of hydrogen-bond acceptors (Lipinski definition) is 5. The summed E-state index contributed by atoms with van der Waals surface area (Å²) in [6.45, 7) is 0. The zero-order valence-electron chi connectivity index (χ0n) is 16.0. The first kappa shape index (κ1) is 19.2. The van der Waals surface area contributed by atoms with Crippen molar-refractivity contribution in [3.05, 3.63) is 82.8 Å². The summed E-state index contributed by atoms with van der Waals surface area (Å²) in [4.78, 5) is 24.8. The molecule has 1 aliphatic rings. The number of benzene rings is 1. The van der Waals surface area contributed by atoms with Crippen molar-refractivity contribution < 1.29 is 17.6 Å². The van der Waals surface area contributed by atoms with Gasteiger partial charge in [0.05, 0.1) is 5.69 Å². The fourth-order valence-electron chi connectivity index (χ4n) is 3.25. The van der Waals surface area contributed by atoms with Crippen LogP contribution in [0.25, 0.3) is 28.6 Å². The molecule has 9 heteroatoms. The molecule has 0 N–H and O–H groups in total. The molecule has 0 unspecified atom stereocenters. The molecule has 1 fully saturated rings. The van der Waals surface area contributed by atoms with E-state index >= 15 is 0 Å². The van der Waals surface area contributed by atoms with Crippen molar-refractivity contribution in [3.8, 4) is 28.6 Å². The van der Waals surface area contributed by atoms with Crippen molar-refractivity contribution >= 4 is 0 Å². The van der Waals surface area contributed by atoms with E-state index in [-0.39, 0.29) is 23.0 Å². The van der Waals surface area contributed by atoms with Gasteiger partial charge in [-0.1, -0.05) is 18.2 Å². The SMILES string of the molecule is O=c1nc(C2CC2)ccn1-c1nc(-c2ccccc2)oc1-c1ccc(C(F)(F)F)nc1. The highest BCUT2D eigenvalue weighted by Crippen LogP contribution is 2.38. The van der Waals surface area contributed by atoms with E-state index in [9.17, 15) is 18.0 Å². The van der Waals surface area contributed by atoms with Crippen LogP contribution in [0.2, 0.25) is 0 Å². The van der Waals surface area contributed by atoms with Gasteiger partial charge in [0.25, 0.3) is 0 Å². The first-order chi connectivity index (χ1) is 14.9. The van der Waals surface area contributed by atoms with Gasteiger partial charge in [-0.25, -0.2) is 9.36 Å². The average Bonchev–Trinajstić information content (AvgIpc) is 3.53. The molecular weight excluding hydrogens is 409 g/mol. The second-order valence-electron chi connectivity index (χ2n) is 7.25. The van der Waals surface area contributed by atoms with Gasteiger partial charge in [0.1, 0.15) is 5.69 Å². The summed E-state index contributed by atoms with van der Waals surface area (Å²) < 4.78 is 45.8. The van der Waals surface area contributed by atoms with Crippen LogP contribution >= 0.6 is 0 Å². The number of oxazole rings is 1. The van der Waals surface area contributed by atoms with E-state index in [1.54, 1.807) is 36.5 Å². The largest absolute Gasteiger partial charge is 0.434 e. The minimum atomic E-state index is -4.56. The third kappa shape index (κ3) is 3.74. The van der Waals surface area contributed by atoms with Gasteiger partial charge in [0.15, 0.2) is 11.6 Å². The monoisotopic (exact) mass is 424 g/mol. The minimum absolute atomic E-state index is 0.128. The maximum absolute atomic E-state index is 12.9. The van der Waals surface area contributed by atoms with Gasteiger partial charge in [0, 0.05) is 29.4 Å². The van der Waals surface area contributed by atoms with E-state index in [1.165, 1.54) is 10.6 Å². The van der Waals surface area contributed by atoms with Gasteiger partial charge in [0.2, 0.25) is 5.89 Å². The third-order valence-electron chi connectivity index (χ3n) is 5.00.